The molecular formula is C13H23ClN2O5. The highest BCUT2D eigenvalue weighted by atomic mass is 35.5. The first kappa shape index (κ1) is 19.5. The predicted octanol–water partition coefficient (Wildman–Crippen LogP) is 1.49. The van der Waals surface area contributed by atoms with Crippen LogP contribution in [0.4, 0.5) is 4.79 Å². The van der Waals surface area contributed by atoms with Crippen LogP contribution >= 0.6 is 11.6 Å². The number of ether oxygens (including phenoxy) is 1. The van der Waals surface area contributed by atoms with Gasteiger partial charge in [0, 0.05) is 6.54 Å². The van der Waals surface area contributed by atoms with Gasteiger partial charge in [0.25, 0.3) is 0 Å². The highest BCUT2D eigenvalue weighted by Crippen LogP contribution is 2.06. The van der Waals surface area contributed by atoms with Crippen LogP contribution in [0.1, 0.15) is 40.0 Å². The van der Waals surface area contributed by atoms with E-state index in [1.54, 1.807) is 20.8 Å². The van der Waals surface area contributed by atoms with Crippen LogP contribution in [0.3, 0.4) is 0 Å². The Balaban J connectivity index is 3.88. The number of alkyl halides is 1. The monoisotopic (exact) mass is 322 g/mol. The summed E-state index contributed by atoms with van der Waals surface area (Å²) in [6.45, 7) is 5.68. The molecule has 122 valence electrons. The number of hydrogen-bond acceptors (Lipinski definition) is 4. The Kier molecular flexibility index (Phi) is 8.76. The minimum absolute atomic E-state index is 0.272. The standard InChI is InChI=1S/C13H23ClN2O5/c1-13(2,3)21-12(20)15-7-5-4-6-9(11(18)19)16-10(17)8-14/h9H,4-8H2,1-3H3,(H,15,20)(H,16,17)(H,18,19). The lowest BCUT2D eigenvalue weighted by atomic mass is 10.1. The van der Waals surface area contributed by atoms with Crippen molar-refractivity contribution < 1.29 is 24.2 Å². The molecule has 0 aromatic rings. The molecule has 21 heavy (non-hydrogen) atoms. The summed E-state index contributed by atoms with van der Waals surface area (Å²) in [4.78, 5) is 33.3. The Morgan fingerprint density at radius 2 is 1.86 bits per heavy atom. The highest BCUT2D eigenvalue weighted by Gasteiger charge is 2.19. The van der Waals surface area contributed by atoms with Crippen LogP contribution in [0.5, 0.6) is 0 Å². The Labute approximate surface area is 129 Å². The third kappa shape index (κ3) is 10.9. The van der Waals surface area contributed by atoms with Crippen LogP contribution in [0.25, 0.3) is 0 Å². The van der Waals surface area contributed by atoms with Crippen LogP contribution in [-0.2, 0) is 14.3 Å². The van der Waals surface area contributed by atoms with Gasteiger partial charge in [0.2, 0.25) is 5.91 Å². The Hall–Kier alpha value is -1.50. The third-order valence-corrected chi connectivity index (χ3v) is 2.59. The highest BCUT2D eigenvalue weighted by molar-refractivity contribution is 6.27. The lowest BCUT2D eigenvalue weighted by Gasteiger charge is -2.19. The van der Waals surface area contributed by atoms with Gasteiger partial charge in [-0.1, -0.05) is 0 Å². The number of alkyl carbamates (subject to hydrolysis) is 1. The van der Waals surface area contributed by atoms with Crippen LogP contribution < -0.4 is 10.6 Å². The van der Waals surface area contributed by atoms with E-state index >= 15 is 0 Å². The number of halogens is 1. The van der Waals surface area contributed by atoms with Crippen molar-refractivity contribution in [2.45, 2.75) is 51.7 Å². The molecule has 8 heteroatoms. The number of aliphatic carboxylic acids is 1. The van der Waals surface area contributed by atoms with E-state index in [-0.39, 0.29) is 12.3 Å². The number of carbonyl (C=O) groups excluding carboxylic acids is 2. The quantitative estimate of drug-likeness (QED) is 0.464. The molecule has 1 unspecified atom stereocenters. The summed E-state index contributed by atoms with van der Waals surface area (Å²) in [5.74, 6) is -1.89. The first-order valence-electron chi connectivity index (χ1n) is 6.70. The molecule has 0 fully saturated rings. The first-order chi connectivity index (χ1) is 9.65. The van der Waals surface area contributed by atoms with Crippen LogP contribution in [0, 0.1) is 0 Å². The predicted molar refractivity (Wildman–Crippen MR) is 78.4 cm³/mol. The van der Waals surface area contributed by atoms with Crippen molar-refractivity contribution in [2.75, 3.05) is 12.4 Å². The fraction of sp³-hybridized carbons (Fsp3) is 0.769. The van der Waals surface area contributed by atoms with Crippen molar-refractivity contribution in [3.63, 3.8) is 0 Å². The van der Waals surface area contributed by atoms with Gasteiger partial charge in [-0.2, -0.15) is 0 Å². The number of hydrogen-bond donors (Lipinski definition) is 3. The number of carboxylic acids is 1. The molecule has 1 atom stereocenters. The maximum Gasteiger partial charge on any atom is 0.407 e. The molecule has 0 heterocycles. The van der Waals surface area contributed by atoms with Gasteiger partial charge in [-0.05, 0) is 40.0 Å². The number of amides is 2. The van der Waals surface area contributed by atoms with E-state index in [0.717, 1.165) is 0 Å². The van der Waals surface area contributed by atoms with E-state index in [1.807, 2.05) is 0 Å². The van der Waals surface area contributed by atoms with E-state index in [2.05, 4.69) is 10.6 Å². The molecule has 0 bridgehead atoms. The molecule has 0 rings (SSSR count). The second-order valence-electron chi connectivity index (χ2n) is 5.52. The van der Waals surface area contributed by atoms with Gasteiger partial charge in [0.05, 0.1) is 0 Å². The van der Waals surface area contributed by atoms with Gasteiger partial charge in [-0.15, -0.1) is 11.6 Å². The summed E-state index contributed by atoms with van der Waals surface area (Å²) in [5, 5.41) is 13.8. The Morgan fingerprint density at radius 3 is 2.33 bits per heavy atom. The van der Waals surface area contributed by atoms with E-state index in [1.165, 1.54) is 0 Å². The van der Waals surface area contributed by atoms with Crippen LogP contribution in [0.15, 0.2) is 0 Å². The molecule has 0 saturated heterocycles. The summed E-state index contributed by atoms with van der Waals surface area (Å²) in [6.07, 6.45) is 0.885. The molecule has 0 aliphatic heterocycles. The average Bonchev–Trinajstić information content (AvgIpc) is 2.34. The van der Waals surface area contributed by atoms with Crippen molar-refractivity contribution in [1.29, 1.82) is 0 Å². The first-order valence-corrected chi connectivity index (χ1v) is 7.24. The molecule has 0 saturated carbocycles. The summed E-state index contributed by atoms with van der Waals surface area (Å²) >= 11 is 5.31. The van der Waals surface area contributed by atoms with Crippen molar-refractivity contribution in [3.8, 4) is 0 Å². The van der Waals surface area contributed by atoms with E-state index in [9.17, 15) is 14.4 Å². The van der Waals surface area contributed by atoms with Gasteiger partial charge in [0.1, 0.15) is 17.5 Å². The zero-order valence-corrected chi connectivity index (χ0v) is 13.3. The van der Waals surface area contributed by atoms with Crippen molar-refractivity contribution >= 4 is 29.6 Å². The van der Waals surface area contributed by atoms with Crippen LogP contribution in [-0.4, -0.2) is 47.1 Å². The van der Waals surface area contributed by atoms with Gasteiger partial charge >= 0.3 is 12.1 Å². The summed E-state index contributed by atoms with van der Waals surface area (Å²) in [6, 6.07) is -0.960. The normalized spacial score (nSPS) is 12.4. The molecule has 0 spiro atoms. The number of rotatable bonds is 8. The van der Waals surface area contributed by atoms with Gasteiger partial charge in [-0.25, -0.2) is 9.59 Å². The molecule has 0 aromatic carbocycles. The zero-order chi connectivity index (χ0) is 16.5. The summed E-state index contributed by atoms with van der Waals surface area (Å²) in [5.41, 5.74) is -0.551. The summed E-state index contributed by atoms with van der Waals surface area (Å²) in [7, 11) is 0. The van der Waals surface area contributed by atoms with Crippen molar-refractivity contribution in [2.24, 2.45) is 0 Å². The molecule has 0 radical (unpaired) electrons. The number of nitrogens with one attached hydrogen (secondary N) is 2. The number of carboxylic acid groups (broad SMARTS) is 1. The molecule has 0 aliphatic carbocycles. The summed E-state index contributed by atoms with van der Waals surface area (Å²) < 4.78 is 5.05. The minimum Gasteiger partial charge on any atom is -0.480 e. The molecule has 7 nitrogen and oxygen atoms in total. The van der Waals surface area contributed by atoms with E-state index in [0.29, 0.717) is 19.4 Å². The maximum absolute atomic E-state index is 11.3. The van der Waals surface area contributed by atoms with Crippen molar-refractivity contribution in [3.05, 3.63) is 0 Å². The SMILES string of the molecule is CC(C)(C)OC(=O)NCCCCC(NC(=O)CCl)C(=O)O. The van der Waals surface area contributed by atoms with Gasteiger partial charge in [-0.3, -0.25) is 4.79 Å². The number of carbonyl (C=O) groups is 3. The fourth-order valence-corrected chi connectivity index (χ4v) is 1.55. The van der Waals surface area contributed by atoms with Crippen molar-refractivity contribution in [1.82, 2.24) is 10.6 Å². The lowest BCUT2D eigenvalue weighted by molar-refractivity contribution is -0.141. The third-order valence-electron chi connectivity index (χ3n) is 2.34. The van der Waals surface area contributed by atoms with Gasteiger partial charge < -0.3 is 20.5 Å². The van der Waals surface area contributed by atoms with E-state index in [4.69, 9.17) is 21.4 Å². The minimum atomic E-state index is -1.10. The largest absolute Gasteiger partial charge is 0.480 e. The topological polar surface area (TPSA) is 105 Å². The Bertz CT molecular complexity index is 368. The second-order valence-corrected chi connectivity index (χ2v) is 5.78. The molecule has 0 aliphatic rings. The van der Waals surface area contributed by atoms with Gasteiger partial charge in [0.15, 0.2) is 0 Å². The molecule has 3 N–H and O–H groups in total. The smallest absolute Gasteiger partial charge is 0.407 e. The molecular weight excluding hydrogens is 300 g/mol. The lowest BCUT2D eigenvalue weighted by Crippen LogP contribution is -2.41. The number of unbranched alkanes of at least 4 members (excludes halogenated alkanes) is 1. The fourth-order valence-electron chi connectivity index (χ4n) is 1.47. The average molecular weight is 323 g/mol. The maximum atomic E-state index is 11.3. The van der Waals surface area contributed by atoms with E-state index < -0.39 is 29.6 Å². The van der Waals surface area contributed by atoms with Crippen LogP contribution in [0.2, 0.25) is 0 Å². The molecule has 0 aromatic heterocycles. The zero-order valence-electron chi connectivity index (χ0n) is 12.6. The Morgan fingerprint density at radius 1 is 1.24 bits per heavy atom. The second kappa shape index (κ2) is 9.44. The molecule has 2 amide bonds.